The van der Waals surface area contributed by atoms with E-state index in [2.05, 4.69) is 11.6 Å². The van der Waals surface area contributed by atoms with Crippen molar-refractivity contribution in [3.63, 3.8) is 0 Å². The molecule has 2 rings (SSSR count). The second-order valence-corrected chi connectivity index (χ2v) is 7.34. The lowest BCUT2D eigenvalue weighted by molar-refractivity contribution is -0.131. The number of hydrogen-bond donors (Lipinski definition) is 0. The lowest BCUT2D eigenvalue weighted by Gasteiger charge is -2.30. The monoisotopic (exact) mass is 359 g/mol. The molecule has 0 saturated carbocycles. The van der Waals surface area contributed by atoms with Crippen molar-refractivity contribution < 1.29 is 4.79 Å². The van der Waals surface area contributed by atoms with E-state index in [0.717, 1.165) is 0 Å². The smallest absolute Gasteiger partial charge is 0.262 e. The van der Waals surface area contributed by atoms with E-state index in [9.17, 15) is 9.59 Å². The van der Waals surface area contributed by atoms with Crippen molar-refractivity contribution in [3.8, 4) is 0 Å². The summed E-state index contributed by atoms with van der Waals surface area (Å²) < 4.78 is 1.57. The van der Waals surface area contributed by atoms with Gasteiger partial charge in [0.1, 0.15) is 0 Å². The largest absolute Gasteiger partial charge is 0.337 e. The zero-order valence-corrected chi connectivity index (χ0v) is 16.0. The van der Waals surface area contributed by atoms with Crippen LogP contribution in [0.2, 0.25) is 0 Å². The normalized spacial score (nSPS) is 11.3. The Hall–Kier alpha value is -2.08. The van der Waals surface area contributed by atoms with Gasteiger partial charge in [-0.05, 0) is 39.8 Å². The molecular weight excluding hydrogens is 334 g/mol. The maximum atomic E-state index is 12.7. The second-order valence-electron chi connectivity index (χ2n) is 6.39. The number of thioether (sulfide) groups is 1. The predicted octanol–water partition coefficient (Wildman–Crippen LogP) is 3.32. The number of rotatable bonds is 7. The highest BCUT2D eigenvalue weighted by molar-refractivity contribution is 7.99. The molecule has 0 N–H and O–H groups in total. The van der Waals surface area contributed by atoms with Gasteiger partial charge in [-0.25, -0.2) is 4.98 Å². The van der Waals surface area contributed by atoms with Crippen molar-refractivity contribution in [1.82, 2.24) is 14.5 Å². The van der Waals surface area contributed by atoms with Crippen LogP contribution in [0.4, 0.5) is 0 Å². The standard InChI is InChI=1S/C19H25N3O2S/c1-6-11-21-18(24)15-9-7-8-10-16(15)20-19(21)25-12-17(23)22(13(2)3)14(4)5/h6-10,13-14H,1,11-12H2,2-5H3. The fraction of sp³-hybridized carbons (Fsp3) is 0.421. The molecule has 6 heteroatoms. The summed E-state index contributed by atoms with van der Waals surface area (Å²) in [4.78, 5) is 31.7. The molecule has 0 saturated heterocycles. The number of nitrogens with zero attached hydrogens (tertiary/aromatic N) is 3. The van der Waals surface area contributed by atoms with Gasteiger partial charge in [-0.3, -0.25) is 14.2 Å². The van der Waals surface area contributed by atoms with Gasteiger partial charge in [0.25, 0.3) is 5.56 Å². The highest BCUT2D eigenvalue weighted by atomic mass is 32.2. The van der Waals surface area contributed by atoms with Crippen molar-refractivity contribution in [2.75, 3.05) is 5.75 Å². The first kappa shape index (κ1) is 19.2. The third-order valence-electron chi connectivity index (χ3n) is 3.86. The highest BCUT2D eigenvalue weighted by Gasteiger charge is 2.21. The summed E-state index contributed by atoms with van der Waals surface area (Å²) in [6.07, 6.45) is 1.66. The Morgan fingerprint density at radius 1 is 1.28 bits per heavy atom. The molecule has 1 aromatic heterocycles. The molecule has 0 unspecified atom stereocenters. The lowest BCUT2D eigenvalue weighted by atomic mass is 10.2. The van der Waals surface area contributed by atoms with Gasteiger partial charge in [0.15, 0.2) is 5.16 Å². The third kappa shape index (κ3) is 4.31. The number of carbonyl (C=O) groups is 1. The summed E-state index contributed by atoms with van der Waals surface area (Å²) in [6.45, 7) is 12.1. The molecule has 0 fully saturated rings. The van der Waals surface area contributed by atoms with Gasteiger partial charge in [0.05, 0.1) is 16.7 Å². The predicted molar refractivity (Wildman–Crippen MR) is 104 cm³/mol. The van der Waals surface area contributed by atoms with E-state index in [1.807, 2.05) is 50.8 Å². The topological polar surface area (TPSA) is 55.2 Å². The van der Waals surface area contributed by atoms with Crippen LogP contribution < -0.4 is 5.56 Å². The molecule has 0 aliphatic rings. The van der Waals surface area contributed by atoms with Crippen LogP contribution in [0.25, 0.3) is 10.9 Å². The number of allylic oxidation sites excluding steroid dienone is 1. The first-order valence-electron chi connectivity index (χ1n) is 8.41. The molecule has 0 aliphatic heterocycles. The summed E-state index contributed by atoms with van der Waals surface area (Å²) in [5.74, 6) is 0.292. The van der Waals surface area contributed by atoms with Crippen LogP contribution in [-0.4, -0.2) is 38.2 Å². The maximum Gasteiger partial charge on any atom is 0.262 e. The number of fused-ring (bicyclic) bond motifs is 1. The summed E-state index contributed by atoms with van der Waals surface area (Å²) in [5.41, 5.74) is 0.539. The summed E-state index contributed by atoms with van der Waals surface area (Å²) in [7, 11) is 0. The van der Waals surface area contributed by atoms with E-state index >= 15 is 0 Å². The molecule has 1 amide bonds. The number of aromatic nitrogens is 2. The summed E-state index contributed by atoms with van der Waals surface area (Å²) in [5, 5.41) is 1.12. The second kappa shape index (κ2) is 8.34. The van der Waals surface area contributed by atoms with Crippen LogP contribution in [0.15, 0.2) is 46.9 Å². The average molecular weight is 359 g/mol. The first-order valence-corrected chi connectivity index (χ1v) is 9.39. The number of para-hydroxylation sites is 1. The van der Waals surface area contributed by atoms with E-state index in [1.54, 1.807) is 16.7 Å². The van der Waals surface area contributed by atoms with Crippen LogP contribution in [0.1, 0.15) is 27.7 Å². The van der Waals surface area contributed by atoms with Crippen molar-refractivity contribution in [2.45, 2.75) is 51.5 Å². The fourth-order valence-electron chi connectivity index (χ4n) is 2.92. The van der Waals surface area contributed by atoms with Crippen molar-refractivity contribution in [2.24, 2.45) is 0 Å². The molecule has 0 aliphatic carbocycles. The Balaban J connectivity index is 2.34. The SMILES string of the molecule is C=CCn1c(SCC(=O)N(C(C)C)C(C)C)nc2ccccc2c1=O. The zero-order chi connectivity index (χ0) is 18.6. The minimum atomic E-state index is -0.106. The number of benzene rings is 1. The minimum absolute atomic E-state index is 0.0440. The molecule has 0 atom stereocenters. The Kier molecular flexibility index (Phi) is 6.42. The molecule has 25 heavy (non-hydrogen) atoms. The molecule has 0 radical (unpaired) electrons. The summed E-state index contributed by atoms with van der Waals surface area (Å²) >= 11 is 1.30. The molecule has 134 valence electrons. The molecule has 5 nitrogen and oxygen atoms in total. The van der Waals surface area contributed by atoms with E-state index in [0.29, 0.717) is 22.6 Å². The van der Waals surface area contributed by atoms with Crippen LogP contribution >= 0.6 is 11.8 Å². The van der Waals surface area contributed by atoms with Crippen LogP contribution in [0.5, 0.6) is 0 Å². The Morgan fingerprint density at radius 2 is 1.92 bits per heavy atom. The van der Waals surface area contributed by atoms with Gasteiger partial charge in [-0.2, -0.15) is 0 Å². The van der Waals surface area contributed by atoms with E-state index in [4.69, 9.17) is 0 Å². The Bertz CT molecular complexity index is 819. The minimum Gasteiger partial charge on any atom is -0.337 e. The van der Waals surface area contributed by atoms with Gasteiger partial charge < -0.3 is 4.90 Å². The van der Waals surface area contributed by atoms with Crippen molar-refractivity contribution in [1.29, 1.82) is 0 Å². The fourth-order valence-corrected chi connectivity index (χ4v) is 3.80. The Labute approximate surface area is 152 Å². The molecule has 0 spiro atoms. The maximum absolute atomic E-state index is 12.7. The highest BCUT2D eigenvalue weighted by Crippen LogP contribution is 2.19. The number of amides is 1. The quantitative estimate of drug-likeness (QED) is 0.432. The third-order valence-corrected chi connectivity index (χ3v) is 4.82. The molecule has 2 aromatic rings. The van der Waals surface area contributed by atoms with Gasteiger partial charge in [-0.15, -0.1) is 6.58 Å². The summed E-state index contributed by atoms with van der Waals surface area (Å²) in [6, 6.07) is 7.52. The lowest BCUT2D eigenvalue weighted by Crippen LogP contribution is -2.43. The van der Waals surface area contributed by atoms with E-state index in [1.165, 1.54) is 11.8 Å². The molecule has 0 bridgehead atoms. The van der Waals surface area contributed by atoms with Crippen LogP contribution in [-0.2, 0) is 11.3 Å². The van der Waals surface area contributed by atoms with Crippen molar-refractivity contribution in [3.05, 3.63) is 47.3 Å². The van der Waals surface area contributed by atoms with Gasteiger partial charge >= 0.3 is 0 Å². The van der Waals surface area contributed by atoms with E-state index < -0.39 is 0 Å². The van der Waals surface area contributed by atoms with Crippen molar-refractivity contribution >= 4 is 28.6 Å². The van der Waals surface area contributed by atoms with Gasteiger partial charge in [0, 0.05) is 18.6 Å². The van der Waals surface area contributed by atoms with E-state index in [-0.39, 0.29) is 29.3 Å². The first-order chi connectivity index (χ1) is 11.9. The van der Waals surface area contributed by atoms with Crippen LogP contribution in [0, 0.1) is 0 Å². The van der Waals surface area contributed by atoms with Crippen LogP contribution in [0.3, 0.4) is 0 Å². The van der Waals surface area contributed by atoms with Gasteiger partial charge in [-0.1, -0.05) is 30.0 Å². The molecule has 1 heterocycles. The van der Waals surface area contributed by atoms with Gasteiger partial charge in [0.2, 0.25) is 5.91 Å². The average Bonchev–Trinajstić information content (AvgIpc) is 2.55. The molecule has 1 aromatic carbocycles. The zero-order valence-electron chi connectivity index (χ0n) is 15.2. The number of hydrogen-bond acceptors (Lipinski definition) is 4. The number of carbonyl (C=O) groups excluding carboxylic acids is 1. The Morgan fingerprint density at radius 3 is 2.52 bits per heavy atom. The molecular formula is C19H25N3O2S.